The number of rotatable bonds is 3. The maximum atomic E-state index is 12.6. The fourth-order valence-electron chi connectivity index (χ4n) is 3.27. The fourth-order valence-corrected chi connectivity index (χ4v) is 3.27. The van der Waals surface area contributed by atoms with Gasteiger partial charge in [0.15, 0.2) is 11.5 Å². The second kappa shape index (κ2) is 5.89. The van der Waals surface area contributed by atoms with Crippen LogP contribution in [0.15, 0.2) is 28.8 Å². The molecule has 24 heavy (non-hydrogen) atoms. The van der Waals surface area contributed by atoms with E-state index in [0.717, 1.165) is 5.69 Å². The van der Waals surface area contributed by atoms with E-state index in [1.165, 1.54) is 0 Å². The SMILES string of the molecule is Cc1c(C(=O)NC(C)c2ccccn2)oc2c1C(=O)CC(C)(C)C2. The molecule has 0 aromatic carbocycles. The number of carbonyl (C=O) groups is 2. The van der Waals surface area contributed by atoms with Gasteiger partial charge in [0.05, 0.1) is 17.3 Å². The van der Waals surface area contributed by atoms with Crippen LogP contribution < -0.4 is 5.32 Å². The van der Waals surface area contributed by atoms with Gasteiger partial charge in [-0.25, -0.2) is 0 Å². The van der Waals surface area contributed by atoms with Crippen LogP contribution in [-0.4, -0.2) is 16.7 Å². The molecule has 1 amide bonds. The van der Waals surface area contributed by atoms with Crippen LogP contribution in [0.3, 0.4) is 0 Å². The molecule has 2 heterocycles. The van der Waals surface area contributed by atoms with E-state index in [0.29, 0.717) is 29.7 Å². The number of ketones is 1. The van der Waals surface area contributed by atoms with E-state index < -0.39 is 0 Å². The normalized spacial score (nSPS) is 17.2. The van der Waals surface area contributed by atoms with E-state index in [4.69, 9.17) is 4.42 Å². The lowest BCUT2D eigenvalue weighted by molar-refractivity contribution is 0.0883. The molecule has 0 radical (unpaired) electrons. The molecule has 1 aliphatic rings. The zero-order chi connectivity index (χ0) is 17.5. The molecule has 0 fully saturated rings. The van der Waals surface area contributed by atoms with Crippen molar-refractivity contribution in [3.63, 3.8) is 0 Å². The molecule has 0 bridgehead atoms. The smallest absolute Gasteiger partial charge is 0.287 e. The summed E-state index contributed by atoms with van der Waals surface area (Å²) in [6, 6.07) is 5.32. The van der Waals surface area contributed by atoms with Crippen molar-refractivity contribution in [3.05, 3.63) is 52.7 Å². The van der Waals surface area contributed by atoms with Crippen molar-refractivity contribution in [2.24, 2.45) is 5.41 Å². The number of hydrogen-bond acceptors (Lipinski definition) is 4. The molecule has 1 aliphatic carbocycles. The molecule has 5 heteroatoms. The third kappa shape index (κ3) is 2.98. The van der Waals surface area contributed by atoms with Gasteiger partial charge in [0.25, 0.3) is 5.91 Å². The number of Topliss-reactive ketones (excluding diaryl/α,β-unsaturated/α-hetero) is 1. The van der Waals surface area contributed by atoms with Crippen molar-refractivity contribution in [2.75, 3.05) is 0 Å². The predicted octanol–water partition coefficient (Wildman–Crippen LogP) is 3.63. The largest absolute Gasteiger partial charge is 0.455 e. The summed E-state index contributed by atoms with van der Waals surface area (Å²) < 4.78 is 5.79. The van der Waals surface area contributed by atoms with E-state index in [-0.39, 0.29) is 28.9 Å². The number of furan rings is 1. The standard InChI is InChI=1S/C19H22N2O3/c1-11-16-14(22)9-19(3,4)10-15(16)24-17(11)18(23)21-12(2)13-7-5-6-8-20-13/h5-8,12H,9-10H2,1-4H3,(H,21,23). The molecule has 5 nitrogen and oxygen atoms in total. The Kier molecular flexibility index (Phi) is 4.03. The Balaban J connectivity index is 1.86. The highest BCUT2D eigenvalue weighted by Crippen LogP contribution is 2.38. The fraction of sp³-hybridized carbons (Fsp3) is 0.421. The first-order valence-electron chi connectivity index (χ1n) is 8.16. The summed E-state index contributed by atoms with van der Waals surface area (Å²) in [7, 11) is 0. The van der Waals surface area contributed by atoms with Gasteiger partial charge in [0, 0.05) is 24.6 Å². The summed E-state index contributed by atoms with van der Waals surface area (Å²) in [5, 5.41) is 2.89. The maximum absolute atomic E-state index is 12.6. The Labute approximate surface area is 141 Å². The maximum Gasteiger partial charge on any atom is 0.287 e. The minimum Gasteiger partial charge on any atom is -0.455 e. The third-order valence-corrected chi connectivity index (χ3v) is 4.46. The van der Waals surface area contributed by atoms with E-state index in [1.54, 1.807) is 13.1 Å². The molecule has 126 valence electrons. The van der Waals surface area contributed by atoms with Gasteiger partial charge in [0.2, 0.25) is 0 Å². The molecule has 2 aromatic rings. The van der Waals surface area contributed by atoms with Gasteiger partial charge in [-0.15, -0.1) is 0 Å². The summed E-state index contributed by atoms with van der Waals surface area (Å²) in [4.78, 5) is 29.2. The van der Waals surface area contributed by atoms with Crippen LogP contribution in [0.5, 0.6) is 0 Å². The molecule has 3 rings (SSSR count). The number of nitrogens with one attached hydrogen (secondary N) is 1. The van der Waals surface area contributed by atoms with Crippen molar-refractivity contribution in [1.29, 1.82) is 0 Å². The second-order valence-electron chi connectivity index (χ2n) is 7.25. The predicted molar refractivity (Wildman–Crippen MR) is 90.0 cm³/mol. The highest BCUT2D eigenvalue weighted by atomic mass is 16.4. The first kappa shape index (κ1) is 16.4. The number of nitrogens with zero attached hydrogens (tertiary/aromatic N) is 1. The summed E-state index contributed by atoms with van der Waals surface area (Å²) in [5.41, 5.74) is 1.86. The average Bonchev–Trinajstić information content (AvgIpc) is 2.83. The van der Waals surface area contributed by atoms with Gasteiger partial charge in [0.1, 0.15) is 5.76 Å². The Hall–Kier alpha value is -2.43. The lowest BCUT2D eigenvalue weighted by atomic mass is 9.76. The first-order chi connectivity index (χ1) is 11.3. The Morgan fingerprint density at radius 1 is 1.33 bits per heavy atom. The van der Waals surface area contributed by atoms with E-state index in [1.807, 2.05) is 39.0 Å². The van der Waals surface area contributed by atoms with Crippen LogP contribution in [0.1, 0.15) is 71.2 Å². The molecule has 2 aromatic heterocycles. The summed E-state index contributed by atoms with van der Waals surface area (Å²) in [6.45, 7) is 7.72. The van der Waals surface area contributed by atoms with Crippen LogP contribution >= 0.6 is 0 Å². The molecular weight excluding hydrogens is 304 g/mol. The first-order valence-corrected chi connectivity index (χ1v) is 8.16. The lowest BCUT2D eigenvalue weighted by Crippen LogP contribution is -2.27. The van der Waals surface area contributed by atoms with Gasteiger partial charge in [-0.2, -0.15) is 0 Å². The van der Waals surface area contributed by atoms with Crippen LogP contribution in [-0.2, 0) is 6.42 Å². The Morgan fingerprint density at radius 3 is 2.75 bits per heavy atom. The zero-order valence-electron chi connectivity index (χ0n) is 14.5. The van der Waals surface area contributed by atoms with Gasteiger partial charge < -0.3 is 9.73 Å². The van der Waals surface area contributed by atoms with Crippen molar-refractivity contribution in [2.45, 2.75) is 46.6 Å². The van der Waals surface area contributed by atoms with Crippen LogP contribution in [0.4, 0.5) is 0 Å². The van der Waals surface area contributed by atoms with E-state index >= 15 is 0 Å². The van der Waals surface area contributed by atoms with Crippen LogP contribution in [0.25, 0.3) is 0 Å². The Morgan fingerprint density at radius 2 is 2.08 bits per heavy atom. The summed E-state index contributed by atoms with van der Waals surface area (Å²) in [5.74, 6) is 0.600. The Bertz CT molecular complexity index is 790. The van der Waals surface area contributed by atoms with Crippen molar-refractivity contribution >= 4 is 11.7 Å². The number of fused-ring (bicyclic) bond motifs is 1. The van der Waals surface area contributed by atoms with E-state index in [9.17, 15) is 9.59 Å². The number of pyridine rings is 1. The monoisotopic (exact) mass is 326 g/mol. The molecule has 1 N–H and O–H groups in total. The summed E-state index contributed by atoms with van der Waals surface area (Å²) in [6.07, 6.45) is 2.83. The molecular formula is C19H22N2O3. The van der Waals surface area contributed by atoms with Crippen LogP contribution in [0, 0.1) is 12.3 Å². The molecule has 1 atom stereocenters. The molecule has 0 aliphatic heterocycles. The average molecular weight is 326 g/mol. The van der Waals surface area contributed by atoms with Crippen molar-refractivity contribution < 1.29 is 14.0 Å². The molecule has 0 saturated heterocycles. The minimum absolute atomic E-state index is 0.0549. The van der Waals surface area contributed by atoms with Gasteiger partial charge >= 0.3 is 0 Å². The van der Waals surface area contributed by atoms with Gasteiger partial charge in [-0.05, 0) is 31.4 Å². The highest BCUT2D eigenvalue weighted by molar-refractivity contribution is 6.03. The van der Waals surface area contributed by atoms with E-state index in [2.05, 4.69) is 10.3 Å². The van der Waals surface area contributed by atoms with Gasteiger partial charge in [-0.3, -0.25) is 14.6 Å². The van der Waals surface area contributed by atoms with Gasteiger partial charge in [-0.1, -0.05) is 19.9 Å². The quantitative estimate of drug-likeness (QED) is 0.935. The van der Waals surface area contributed by atoms with Crippen molar-refractivity contribution in [3.8, 4) is 0 Å². The second-order valence-corrected chi connectivity index (χ2v) is 7.25. The topological polar surface area (TPSA) is 72.2 Å². The highest BCUT2D eigenvalue weighted by Gasteiger charge is 2.37. The lowest BCUT2D eigenvalue weighted by Gasteiger charge is -2.27. The molecule has 0 spiro atoms. The number of carbonyl (C=O) groups excluding carboxylic acids is 2. The zero-order valence-corrected chi connectivity index (χ0v) is 14.5. The molecule has 0 saturated carbocycles. The number of amides is 1. The number of aromatic nitrogens is 1. The van der Waals surface area contributed by atoms with Crippen molar-refractivity contribution in [1.82, 2.24) is 10.3 Å². The van der Waals surface area contributed by atoms with Crippen LogP contribution in [0.2, 0.25) is 0 Å². The minimum atomic E-state index is -0.314. The number of hydrogen-bond donors (Lipinski definition) is 1. The third-order valence-electron chi connectivity index (χ3n) is 4.46. The molecule has 1 unspecified atom stereocenters. The summed E-state index contributed by atoms with van der Waals surface area (Å²) >= 11 is 0.